The molecule has 1 aromatic carbocycles. The van der Waals surface area contributed by atoms with Gasteiger partial charge in [-0.3, -0.25) is 15.6 Å². The van der Waals surface area contributed by atoms with Crippen molar-refractivity contribution in [1.29, 1.82) is 15.9 Å². The summed E-state index contributed by atoms with van der Waals surface area (Å²) < 4.78 is 0. The lowest BCUT2D eigenvalue weighted by molar-refractivity contribution is 0.112. The maximum Gasteiger partial charge on any atom is 0.201 e. The molecule has 0 spiro atoms. The third kappa shape index (κ3) is 2.90. The van der Waals surface area contributed by atoms with E-state index < -0.39 is 5.84 Å². The molecule has 7 nitrogen and oxygen atoms in total. The first kappa shape index (κ1) is 12.9. The van der Waals surface area contributed by atoms with Crippen LogP contribution < -0.4 is 11.2 Å². The molecular weight excluding hydrogens is 232 g/mol. The highest BCUT2D eigenvalue weighted by Gasteiger charge is 2.05. The van der Waals surface area contributed by atoms with Crippen molar-refractivity contribution in [2.75, 3.05) is 5.43 Å². The number of rotatable bonds is 4. The lowest BCUT2D eigenvalue weighted by Crippen LogP contribution is -2.21. The fourth-order valence-corrected chi connectivity index (χ4v) is 1.09. The molecule has 0 saturated heterocycles. The normalized spacial score (nSPS) is 10.0. The van der Waals surface area contributed by atoms with E-state index in [-0.39, 0.29) is 11.3 Å². The van der Waals surface area contributed by atoms with Gasteiger partial charge in [-0.05, 0) is 18.2 Å². The average Bonchev–Trinajstić information content (AvgIpc) is 2.39. The molecule has 0 radical (unpaired) electrons. The Kier molecular flexibility index (Phi) is 4.13. The number of nitrogens with two attached hydrogens (primary N) is 1. The second-order valence-electron chi connectivity index (χ2n) is 3.13. The molecule has 0 aromatic heterocycles. The van der Waals surface area contributed by atoms with Gasteiger partial charge in [-0.15, -0.1) is 0 Å². The number of carbonyl (C=O) groups is 1. The molecule has 0 heterocycles. The maximum absolute atomic E-state index is 10.5. The van der Waals surface area contributed by atoms with Crippen molar-refractivity contribution in [1.82, 2.24) is 0 Å². The predicted octanol–water partition coefficient (Wildman–Crippen LogP) is 0.598. The van der Waals surface area contributed by atoms with E-state index in [0.29, 0.717) is 17.5 Å². The second-order valence-corrected chi connectivity index (χ2v) is 3.13. The molecular formula is C11H8N6O. The lowest BCUT2D eigenvalue weighted by Gasteiger charge is -2.03. The summed E-state index contributed by atoms with van der Waals surface area (Å²) in [5, 5.41) is 28.2. The van der Waals surface area contributed by atoms with Crippen LogP contribution in [-0.2, 0) is 0 Å². The van der Waals surface area contributed by atoms with Crippen LogP contribution in [0.3, 0.4) is 0 Å². The zero-order valence-electron chi connectivity index (χ0n) is 9.14. The summed E-state index contributed by atoms with van der Waals surface area (Å²) in [6.07, 6.45) is 0.615. The smallest absolute Gasteiger partial charge is 0.201 e. The summed E-state index contributed by atoms with van der Waals surface area (Å²) in [6.45, 7) is 0. The average molecular weight is 240 g/mol. The molecule has 0 aliphatic carbocycles. The summed E-state index contributed by atoms with van der Waals surface area (Å²) in [6, 6.07) is 7.86. The SMILES string of the molecule is N#C/C(=N\Nc1ccc(C=O)cc1C#N)C(=N)N. The Morgan fingerprint density at radius 3 is 2.72 bits per heavy atom. The quantitative estimate of drug-likeness (QED) is 0.306. The van der Waals surface area contributed by atoms with Crippen LogP contribution in [-0.4, -0.2) is 17.8 Å². The Bertz CT molecular complexity index is 605. The van der Waals surface area contributed by atoms with Gasteiger partial charge in [-0.2, -0.15) is 15.6 Å². The molecule has 1 rings (SSSR count). The monoisotopic (exact) mass is 240 g/mol. The molecule has 0 fully saturated rings. The number of aldehydes is 1. The summed E-state index contributed by atoms with van der Waals surface area (Å²) in [4.78, 5) is 10.5. The lowest BCUT2D eigenvalue weighted by atomic mass is 10.1. The van der Waals surface area contributed by atoms with Gasteiger partial charge in [0.2, 0.25) is 5.71 Å². The van der Waals surface area contributed by atoms with Crippen LogP contribution in [0.15, 0.2) is 23.3 Å². The van der Waals surface area contributed by atoms with Crippen LogP contribution >= 0.6 is 0 Å². The van der Waals surface area contributed by atoms with Gasteiger partial charge < -0.3 is 5.73 Å². The molecule has 1 aromatic rings. The minimum atomic E-state index is -0.479. The van der Waals surface area contributed by atoms with Gasteiger partial charge in [0, 0.05) is 5.56 Å². The summed E-state index contributed by atoms with van der Waals surface area (Å²) in [5.41, 5.74) is 8.14. The van der Waals surface area contributed by atoms with Crippen LogP contribution in [0.4, 0.5) is 5.69 Å². The molecule has 0 bridgehead atoms. The summed E-state index contributed by atoms with van der Waals surface area (Å²) >= 11 is 0. The predicted molar refractivity (Wildman–Crippen MR) is 65.1 cm³/mol. The molecule has 7 heteroatoms. The van der Waals surface area contributed by atoms with E-state index in [1.807, 2.05) is 6.07 Å². The topological polar surface area (TPSA) is 139 Å². The first-order chi connectivity index (χ1) is 8.62. The maximum atomic E-state index is 10.5. The standard InChI is InChI=1S/C11H8N6O/c12-4-8-3-7(6-18)1-2-9(8)16-17-10(5-13)11(14)15/h1-3,6,16H,(H3,14,15)/b17-10+. The molecule has 18 heavy (non-hydrogen) atoms. The second kappa shape index (κ2) is 5.77. The summed E-state index contributed by atoms with van der Waals surface area (Å²) in [7, 11) is 0. The third-order valence-electron chi connectivity index (χ3n) is 1.95. The first-order valence-corrected chi connectivity index (χ1v) is 4.70. The number of nitrogens with zero attached hydrogens (tertiary/aromatic N) is 3. The van der Waals surface area contributed by atoms with Crippen molar-refractivity contribution in [2.24, 2.45) is 10.8 Å². The third-order valence-corrected chi connectivity index (χ3v) is 1.95. The number of hydrazone groups is 1. The minimum Gasteiger partial charge on any atom is -0.382 e. The van der Waals surface area contributed by atoms with Crippen molar-refractivity contribution in [3.63, 3.8) is 0 Å². The van der Waals surface area contributed by atoms with Crippen molar-refractivity contribution >= 4 is 23.5 Å². The molecule has 0 aliphatic heterocycles. The zero-order valence-corrected chi connectivity index (χ0v) is 9.14. The number of benzene rings is 1. The van der Waals surface area contributed by atoms with Crippen LogP contribution in [0.2, 0.25) is 0 Å². The molecule has 0 saturated carbocycles. The van der Waals surface area contributed by atoms with Gasteiger partial charge in [0.05, 0.1) is 11.3 Å². The van der Waals surface area contributed by atoms with Gasteiger partial charge in [0.25, 0.3) is 0 Å². The van der Waals surface area contributed by atoms with E-state index in [1.165, 1.54) is 18.2 Å². The summed E-state index contributed by atoms with van der Waals surface area (Å²) in [5.74, 6) is -0.479. The van der Waals surface area contributed by atoms with E-state index in [4.69, 9.17) is 21.7 Å². The number of amidine groups is 1. The molecule has 0 unspecified atom stereocenters. The minimum absolute atomic E-state index is 0.198. The van der Waals surface area contributed by atoms with Crippen molar-refractivity contribution < 1.29 is 4.79 Å². The number of nitrogens with one attached hydrogen (secondary N) is 2. The van der Waals surface area contributed by atoms with E-state index >= 15 is 0 Å². The number of hydrogen-bond donors (Lipinski definition) is 3. The van der Waals surface area contributed by atoms with Gasteiger partial charge in [0.1, 0.15) is 18.4 Å². The van der Waals surface area contributed by atoms with Gasteiger partial charge >= 0.3 is 0 Å². The van der Waals surface area contributed by atoms with E-state index in [2.05, 4.69) is 10.5 Å². The Labute approximate surface area is 103 Å². The highest BCUT2D eigenvalue weighted by Crippen LogP contribution is 2.15. The number of hydrogen-bond acceptors (Lipinski definition) is 6. The van der Waals surface area contributed by atoms with E-state index in [9.17, 15) is 4.79 Å². The number of nitriles is 2. The van der Waals surface area contributed by atoms with Crippen LogP contribution in [0.5, 0.6) is 0 Å². The highest BCUT2D eigenvalue weighted by atomic mass is 16.1. The van der Waals surface area contributed by atoms with E-state index in [0.717, 1.165) is 0 Å². The van der Waals surface area contributed by atoms with Crippen molar-refractivity contribution in [3.05, 3.63) is 29.3 Å². The van der Waals surface area contributed by atoms with Crippen LogP contribution in [0.25, 0.3) is 0 Å². The Morgan fingerprint density at radius 1 is 1.50 bits per heavy atom. The number of carbonyl (C=O) groups excluding carboxylic acids is 1. The van der Waals surface area contributed by atoms with Gasteiger partial charge in [-0.25, -0.2) is 0 Å². The van der Waals surface area contributed by atoms with Crippen molar-refractivity contribution in [2.45, 2.75) is 0 Å². The Hall–Kier alpha value is -3.19. The van der Waals surface area contributed by atoms with E-state index in [1.54, 1.807) is 6.07 Å². The largest absolute Gasteiger partial charge is 0.382 e. The number of anilines is 1. The van der Waals surface area contributed by atoms with Gasteiger partial charge in [-0.1, -0.05) is 0 Å². The Morgan fingerprint density at radius 2 is 2.22 bits per heavy atom. The fourth-order valence-electron chi connectivity index (χ4n) is 1.09. The van der Waals surface area contributed by atoms with Gasteiger partial charge in [0.15, 0.2) is 5.84 Å². The van der Waals surface area contributed by atoms with Crippen LogP contribution in [0.1, 0.15) is 15.9 Å². The first-order valence-electron chi connectivity index (χ1n) is 4.70. The zero-order chi connectivity index (χ0) is 13.5. The molecule has 4 N–H and O–H groups in total. The van der Waals surface area contributed by atoms with Crippen LogP contribution in [0, 0.1) is 28.1 Å². The fraction of sp³-hybridized carbons (Fsp3) is 0. The molecule has 0 aliphatic rings. The Balaban J connectivity index is 3.07. The highest BCUT2D eigenvalue weighted by molar-refractivity contribution is 6.45. The molecule has 0 amide bonds. The molecule has 88 valence electrons. The molecule has 0 atom stereocenters. The van der Waals surface area contributed by atoms with Crippen molar-refractivity contribution in [3.8, 4) is 12.1 Å².